The molecule has 0 spiro atoms. The van der Waals surface area contributed by atoms with Crippen molar-refractivity contribution in [2.24, 2.45) is 0 Å². The molecular formula is C24H25FN6O2. The lowest BCUT2D eigenvalue weighted by molar-refractivity contribution is 0.0214. The summed E-state index contributed by atoms with van der Waals surface area (Å²) in [7, 11) is 0. The van der Waals surface area contributed by atoms with Crippen molar-refractivity contribution in [1.82, 2.24) is 30.1 Å². The van der Waals surface area contributed by atoms with Gasteiger partial charge in [0.15, 0.2) is 5.82 Å². The van der Waals surface area contributed by atoms with E-state index in [1.807, 2.05) is 26.0 Å². The normalized spacial score (nSPS) is 15.7. The highest BCUT2D eigenvalue weighted by Gasteiger charge is 2.31. The van der Waals surface area contributed by atoms with Crippen LogP contribution in [-0.2, 0) is 11.3 Å². The maximum atomic E-state index is 13.4. The average molecular weight is 449 g/mol. The number of H-pyrrole nitrogens is 1. The molecule has 1 N–H and O–H groups in total. The highest BCUT2D eigenvalue weighted by Crippen LogP contribution is 2.28. The summed E-state index contributed by atoms with van der Waals surface area (Å²) in [6, 6.07) is 11.8. The number of hydrogen-bond donors (Lipinski definition) is 1. The zero-order valence-corrected chi connectivity index (χ0v) is 18.6. The van der Waals surface area contributed by atoms with E-state index >= 15 is 0 Å². The number of aryl methyl sites for hydroxylation is 2. The number of benzene rings is 2. The molecule has 1 fully saturated rings. The van der Waals surface area contributed by atoms with Crippen LogP contribution >= 0.6 is 0 Å². The van der Waals surface area contributed by atoms with Crippen LogP contribution in [0.1, 0.15) is 34.1 Å². The van der Waals surface area contributed by atoms with Gasteiger partial charge >= 0.3 is 0 Å². The van der Waals surface area contributed by atoms with Gasteiger partial charge < -0.3 is 9.72 Å². The van der Waals surface area contributed by atoms with Crippen LogP contribution in [0.5, 0.6) is 0 Å². The van der Waals surface area contributed by atoms with E-state index < -0.39 is 6.04 Å². The van der Waals surface area contributed by atoms with Gasteiger partial charge in [-0.15, -0.1) is 5.10 Å². The van der Waals surface area contributed by atoms with Gasteiger partial charge in [-0.25, -0.2) is 9.07 Å². The zero-order chi connectivity index (χ0) is 22.9. The highest BCUT2D eigenvalue weighted by molar-refractivity contribution is 5.83. The maximum absolute atomic E-state index is 13.4. The lowest BCUT2D eigenvalue weighted by Crippen LogP contribution is -2.42. The minimum atomic E-state index is -0.445. The predicted octanol–water partition coefficient (Wildman–Crippen LogP) is 2.74. The number of nitrogens with one attached hydrogen (secondary N) is 1. The maximum Gasteiger partial charge on any atom is 0.253 e. The second-order valence-corrected chi connectivity index (χ2v) is 8.40. The van der Waals surface area contributed by atoms with Crippen LogP contribution in [0.3, 0.4) is 0 Å². The van der Waals surface area contributed by atoms with E-state index in [1.165, 1.54) is 12.1 Å². The number of nitrogens with zero attached hydrogens (tertiary/aromatic N) is 5. The quantitative estimate of drug-likeness (QED) is 0.505. The Balaban J connectivity index is 1.62. The summed E-state index contributed by atoms with van der Waals surface area (Å²) in [5.74, 6) is 0.269. The van der Waals surface area contributed by atoms with Gasteiger partial charge in [0.25, 0.3) is 5.56 Å². The monoisotopic (exact) mass is 448 g/mol. The number of ether oxygens (including phenoxy) is 1. The van der Waals surface area contributed by atoms with E-state index in [-0.39, 0.29) is 11.4 Å². The Morgan fingerprint density at radius 1 is 1.12 bits per heavy atom. The summed E-state index contributed by atoms with van der Waals surface area (Å²) in [5, 5.41) is 13.4. The molecule has 8 nitrogen and oxygen atoms in total. The Morgan fingerprint density at radius 3 is 2.64 bits per heavy atom. The highest BCUT2D eigenvalue weighted by atomic mass is 19.1. The number of fused-ring (bicyclic) bond motifs is 1. The number of aromatic amines is 1. The molecule has 2 aromatic heterocycles. The van der Waals surface area contributed by atoms with Crippen molar-refractivity contribution in [2.75, 3.05) is 26.3 Å². The molecule has 0 saturated carbocycles. The van der Waals surface area contributed by atoms with Gasteiger partial charge in [-0.2, -0.15) is 0 Å². The van der Waals surface area contributed by atoms with E-state index in [9.17, 15) is 9.18 Å². The first kappa shape index (κ1) is 21.4. The van der Waals surface area contributed by atoms with Gasteiger partial charge in [-0.3, -0.25) is 9.69 Å². The minimum absolute atomic E-state index is 0.163. The number of pyridine rings is 1. The third-order valence-corrected chi connectivity index (χ3v) is 6.33. The summed E-state index contributed by atoms with van der Waals surface area (Å²) in [4.78, 5) is 18.6. The van der Waals surface area contributed by atoms with E-state index in [0.717, 1.165) is 27.6 Å². The molecule has 5 rings (SSSR count). The van der Waals surface area contributed by atoms with Gasteiger partial charge in [0.2, 0.25) is 0 Å². The van der Waals surface area contributed by atoms with Gasteiger partial charge in [-0.05, 0) is 64.5 Å². The number of hydrogen-bond acceptors (Lipinski definition) is 6. The number of rotatable bonds is 5. The standard InChI is InChI=1S/C24H25FN6O2/c1-15-3-6-18-13-20(24(32)26-21(18)16(15)2)22(30-9-11-33-12-10-30)23-27-28-29-31(23)14-17-4-7-19(25)8-5-17/h3-8,13,22H,9-12,14H2,1-2H3,(H,26,32)/t22-/m0/s1. The number of halogens is 1. The number of tetrazole rings is 1. The van der Waals surface area contributed by atoms with Gasteiger partial charge in [0, 0.05) is 18.7 Å². The van der Waals surface area contributed by atoms with Crippen molar-refractivity contribution in [3.05, 3.63) is 86.7 Å². The van der Waals surface area contributed by atoms with Crippen LogP contribution in [0, 0.1) is 19.7 Å². The van der Waals surface area contributed by atoms with Crippen molar-refractivity contribution >= 4 is 10.9 Å². The Morgan fingerprint density at radius 2 is 1.88 bits per heavy atom. The molecule has 0 radical (unpaired) electrons. The molecule has 33 heavy (non-hydrogen) atoms. The summed E-state index contributed by atoms with van der Waals surface area (Å²) in [6.07, 6.45) is 0. The van der Waals surface area contributed by atoms with Crippen molar-refractivity contribution in [3.8, 4) is 0 Å². The molecule has 0 bridgehead atoms. The SMILES string of the molecule is Cc1ccc2cc([C@@H](c3nnnn3Cc3ccc(F)cc3)N3CCOCC3)c(=O)[nH]c2c1C. The third-order valence-electron chi connectivity index (χ3n) is 6.33. The van der Waals surface area contributed by atoms with E-state index in [2.05, 4.69) is 31.5 Å². The lowest BCUT2D eigenvalue weighted by Gasteiger charge is -2.33. The molecule has 2 aromatic carbocycles. The van der Waals surface area contributed by atoms with E-state index in [0.29, 0.717) is 44.2 Å². The Labute approximate surface area is 190 Å². The molecule has 3 heterocycles. The van der Waals surface area contributed by atoms with Crippen molar-refractivity contribution in [1.29, 1.82) is 0 Å². The minimum Gasteiger partial charge on any atom is -0.379 e. The predicted molar refractivity (Wildman–Crippen MR) is 122 cm³/mol. The molecule has 0 unspecified atom stereocenters. The van der Waals surface area contributed by atoms with E-state index in [4.69, 9.17) is 4.74 Å². The fraction of sp³-hybridized carbons (Fsp3) is 0.333. The first-order valence-corrected chi connectivity index (χ1v) is 11.0. The van der Waals surface area contributed by atoms with Crippen molar-refractivity contribution in [3.63, 3.8) is 0 Å². The zero-order valence-electron chi connectivity index (χ0n) is 18.6. The molecule has 1 atom stereocenters. The van der Waals surface area contributed by atoms with E-state index in [1.54, 1.807) is 16.8 Å². The topological polar surface area (TPSA) is 88.9 Å². The fourth-order valence-corrected chi connectivity index (χ4v) is 4.36. The van der Waals surface area contributed by atoms with Crippen LogP contribution in [0.15, 0.2) is 47.3 Å². The molecule has 0 amide bonds. The first-order chi connectivity index (χ1) is 16.0. The van der Waals surface area contributed by atoms with Crippen LogP contribution < -0.4 is 5.56 Å². The molecule has 0 aliphatic carbocycles. The molecule has 9 heteroatoms. The van der Waals surface area contributed by atoms with Crippen molar-refractivity contribution < 1.29 is 9.13 Å². The Bertz CT molecular complexity index is 1340. The second kappa shape index (κ2) is 8.84. The lowest BCUT2D eigenvalue weighted by atomic mass is 10.00. The summed E-state index contributed by atoms with van der Waals surface area (Å²) < 4.78 is 20.6. The van der Waals surface area contributed by atoms with Crippen LogP contribution in [0.2, 0.25) is 0 Å². The first-order valence-electron chi connectivity index (χ1n) is 11.0. The van der Waals surface area contributed by atoms with Crippen LogP contribution in [0.4, 0.5) is 4.39 Å². The fourth-order valence-electron chi connectivity index (χ4n) is 4.36. The summed E-state index contributed by atoms with van der Waals surface area (Å²) in [6.45, 7) is 6.85. The molecule has 1 saturated heterocycles. The molecule has 170 valence electrons. The number of morpholine rings is 1. The van der Waals surface area contributed by atoms with Crippen LogP contribution in [0.25, 0.3) is 10.9 Å². The van der Waals surface area contributed by atoms with Gasteiger partial charge in [0.05, 0.1) is 25.3 Å². The van der Waals surface area contributed by atoms with Crippen LogP contribution in [-0.4, -0.2) is 56.4 Å². The smallest absolute Gasteiger partial charge is 0.253 e. The summed E-state index contributed by atoms with van der Waals surface area (Å²) in [5.41, 5.74) is 4.31. The number of aromatic nitrogens is 5. The largest absolute Gasteiger partial charge is 0.379 e. The second-order valence-electron chi connectivity index (χ2n) is 8.40. The van der Waals surface area contributed by atoms with Gasteiger partial charge in [-0.1, -0.05) is 24.3 Å². The third kappa shape index (κ3) is 4.17. The molecule has 4 aromatic rings. The molecule has 1 aliphatic rings. The summed E-state index contributed by atoms with van der Waals surface area (Å²) >= 11 is 0. The van der Waals surface area contributed by atoms with Gasteiger partial charge in [0.1, 0.15) is 11.9 Å². The Kier molecular flexibility index (Phi) is 5.74. The molecular weight excluding hydrogens is 423 g/mol. The average Bonchev–Trinajstić information content (AvgIpc) is 3.27. The molecule has 1 aliphatic heterocycles. The van der Waals surface area contributed by atoms with Crippen molar-refractivity contribution in [2.45, 2.75) is 26.4 Å². The Hall–Kier alpha value is -3.43.